The molecule has 106 valence electrons. The molecular formula is C14H22N2O2S. The molecule has 0 saturated carbocycles. The Morgan fingerprint density at radius 1 is 1.21 bits per heavy atom. The molecule has 2 rings (SSSR count). The normalized spacial score (nSPS) is 25.4. The van der Waals surface area contributed by atoms with Crippen LogP contribution < -0.4 is 5.73 Å². The van der Waals surface area contributed by atoms with Crippen LogP contribution in [0.15, 0.2) is 29.2 Å². The molecule has 0 amide bonds. The van der Waals surface area contributed by atoms with Crippen LogP contribution in [0, 0.1) is 5.92 Å². The molecule has 1 heterocycles. The summed E-state index contributed by atoms with van der Waals surface area (Å²) in [5.74, 6) is 0.425. The molecule has 2 N–H and O–H groups in total. The fraction of sp³-hybridized carbons (Fsp3) is 0.571. The van der Waals surface area contributed by atoms with Gasteiger partial charge in [0.15, 0.2) is 0 Å². The molecular weight excluding hydrogens is 260 g/mol. The largest absolute Gasteiger partial charge is 0.326 e. The summed E-state index contributed by atoms with van der Waals surface area (Å²) in [5, 5.41) is 0. The third kappa shape index (κ3) is 2.99. The van der Waals surface area contributed by atoms with Crippen molar-refractivity contribution in [3.63, 3.8) is 0 Å². The van der Waals surface area contributed by atoms with Gasteiger partial charge in [-0.2, -0.15) is 4.31 Å². The predicted molar refractivity (Wildman–Crippen MR) is 76.1 cm³/mol. The van der Waals surface area contributed by atoms with E-state index >= 15 is 0 Å². The minimum atomic E-state index is -3.38. The summed E-state index contributed by atoms with van der Waals surface area (Å²) >= 11 is 0. The Morgan fingerprint density at radius 2 is 1.84 bits per heavy atom. The zero-order valence-corrected chi connectivity index (χ0v) is 12.4. The molecule has 4 nitrogen and oxygen atoms in total. The van der Waals surface area contributed by atoms with E-state index in [1.165, 1.54) is 0 Å². The highest BCUT2D eigenvalue weighted by molar-refractivity contribution is 7.89. The van der Waals surface area contributed by atoms with Crippen LogP contribution in [0.25, 0.3) is 0 Å². The first kappa shape index (κ1) is 14.5. The molecule has 1 aromatic carbocycles. The Labute approximate surface area is 115 Å². The van der Waals surface area contributed by atoms with Crippen molar-refractivity contribution in [2.24, 2.45) is 11.7 Å². The zero-order chi connectivity index (χ0) is 14.0. The molecule has 5 heteroatoms. The van der Waals surface area contributed by atoms with Gasteiger partial charge in [-0.1, -0.05) is 19.1 Å². The smallest absolute Gasteiger partial charge is 0.243 e. The first-order valence-electron chi connectivity index (χ1n) is 6.76. The lowest BCUT2D eigenvalue weighted by atomic mass is 9.97. The number of piperidine rings is 1. The van der Waals surface area contributed by atoms with Gasteiger partial charge in [-0.25, -0.2) is 8.42 Å². The first-order chi connectivity index (χ1) is 8.95. The molecule has 0 spiro atoms. The second-order valence-electron chi connectivity index (χ2n) is 5.45. The highest BCUT2D eigenvalue weighted by atomic mass is 32.2. The molecule has 2 unspecified atom stereocenters. The monoisotopic (exact) mass is 282 g/mol. The standard InChI is InChI=1S/C14H22N2O2S/c1-11-3-4-12(2)16(10-11)19(17,18)14-7-5-13(9-15)6-8-14/h5-8,11-12H,3-4,9-10,15H2,1-2H3. The second-order valence-corrected chi connectivity index (χ2v) is 7.34. The number of sulfonamides is 1. The van der Waals surface area contributed by atoms with Crippen LogP contribution in [0.3, 0.4) is 0 Å². The Hall–Kier alpha value is -0.910. The van der Waals surface area contributed by atoms with E-state index in [1.807, 2.05) is 6.92 Å². The summed E-state index contributed by atoms with van der Waals surface area (Å²) in [6.07, 6.45) is 2.03. The van der Waals surface area contributed by atoms with Gasteiger partial charge >= 0.3 is 0 Å². The number of nitrogens with zero attached hydrogens (tertiary/aromatic N) is 1. The molecule has 1 aliphatic rings. The summed E-state index contributed by atoms with van der Waals surface area (Å²) in [6.45, 7) is 5.13. The van der Waals surface area contributed by atoms with Crippen LogP contribution in [0.2, 0.25) is 0 Å². The minimum Gasteiger partial charge on any atom is -0.326 e. The summed E-state index contributed by atoms with van der Waals surface area (Å²) < 4.78 is 26.9. The lowest BCUT2D eigenvalue weighted by Gasteiger charge is -2.35. The number of nitrogens with two attached hydrogens (primary N) is 1. The van der Waals surface area contributed by atoms with Crippen LogP contribution in [-0.4, -0.2) is 25.3 Å². The minimum absolute atomic E-state index is 0.0791. The van der Waals surface area contributed by atoms with Crippen LogP contribution in [-0.2, 0) is 16.6 Å². The van der Waals surface area contributed by atoms with Crippen molar-refractivity contribution >= 4 is 10.0 Å². The number of benzene rings is 1. The van der Waals surface area contributed by atoms with Crippen molar-refractivity contribution in [1.29, 1.82) is 0 Å². The van der Waals surface area contributed by atoms with E-state index in [0.29, 0.717) is 23.9 Å². The molecule has 1 saturated heterocycles. The summed E-state index contributed by atoms with van der Waals surface area (Å²) in [6, 6.07) is 6.96. The highest BCUT2D eigenvalue weighted by Gasteiger charge is 2.33. The van der Waals surface area contributed by atoms with E-state index in [0.717, 1.165) is 18.4 Å². The maximum absolute atomic E-state index is 12.6. The Kier molecular flexibility index (Phi) is 4.28. The van der Waals surface area contributed by atoms with E-state index in [2.05, 4.69) is 6.92 Å². The first-order valence-corrected chi connectivity index (χ1v) is 8.20. The average molecular weight is 282 g/mol. The van der Waals surface area contributed by atoms with Gasteiger partial charge in [0, 0.05) is 19.1 Å². The van der Waals surface area contributed by atoms with Gasteiger partial charge in [0.2, 0.25) is 10.0 Å². The lowest BCUT2D eigenvalue weighted by Crippen LogP contribution is -2.44. The van der Waals surface area contributed by atoms with Gasteiger partial charge in [0.1, 0.15) is 0 Å². The third-order valence-electron chi connectivity index (χ3n) is 3.83. The van der Waals surface area contributed by atoms with Crippen molar-refractivity contribution in [2.45, 2.75) is 44.2 Å². The maximum Gasteiger partial charge on any atom is 0.243 e. The summed E-state index contributed by atoms with van der Waals surface area (Å²) in [4.78, 5) is 0.366. The van der Waals surface area contributed by atoms with E-state index < -0.39 is 10.0 Å². The van der Waals surface area contributed by atoms with Crippen molar-refractivity contribution < 1.29 is 8.42 Å². The van der Waals surface area contributed by atoms with Crippen LogP contribution in [0.4, 0.5) is 0 Å². The molecule has 0 aliphatic carbocycles. The van der Waals surface area contributed by atoms with E-state index in [9.17, 15) is 8.42 Å². The SMILES string of the molecule is CC1CCC(C)N(S(=O)(=O)c2ccc(CN)cc2)C1. The van der Waals surface area contributed by atoms with Crippen LogP contribution >= 0.6 is 0 Å². The van der Waals surface area contributed by atoms with Crippen LogP contribution in [0.1, 0.15) is 32.3 Å². The number of rotatable bonds is 3. The summed E-state index contributed by atoms with van der Waals surface area (Å²) in [7, 11) is -3.38. The molecule has 0 radical (unpaired) electrons. The van der Waals surface area contributed by atoms with Gasteiger partial charge < -0.3 is 5.73 Å². The molecule has 1 fully saturated rings. The fourth-order valence-electron chi connectivity index (χ4n) is 2.52. The van der Waals surface area contributed by atoms with Gasteiger partial charge in [-0.3, -0.25) is 0 Å². The Bertz CT molecular complexity index is 525. The maximum atomic E-state index is 12.6. The number of hydrogen-bond acceptors (Lipinski definition) is 3. The zero-order valence-electron chi connectivity index (χ0n) is 11.5. The number of hydrogen-bond donors (Lipinski definition) is 1. The van der Waals surface area contributed by atoms with Crippen LogP contribution in [0.5, 0.6) is 0 Å². The second kappa shape index (κ2) is 5.61. The fourth-order valence-corrected chi connectivity index (χ4v) is 4.30. The third-order valence-corrected chi connectivity index (χ3v) is 5.82. The molecule has 1 aromatic rings. The summed E-state index contributed by atoms with van der Waals surface area (Å²) in [5.41, 5.74) is 6.48. The molecule has 19 heavy (non-hydrogen) atoms. The highest BCUT2D eigenvalue weighted by Crippen LogP contribution is 2.27. The molecule has 2 atom stereocenters. The van der Waals surface area contributed by atoms with Gasteiger partial charge in [0.25, 0.3) is 0 Å². The molecule has 0 aromatic heterocycles. The van der Waals surface area contributed by atoms with Gasteiger partial charge in [-0.05, 0) is 43.4 Å². The van der Waals surface area contributed by atoms with E-state index in [-0.39, 0.29) is 6.04 Å². The van der Waals surface area contributed by atoms with Crippen molar-refractivity contribution in [3.8, 4) is 0 Å². The lowest BCUT2D eigenvalue weighted by molar-refractivity contribution is 0.218. The van der Waals surface area contributed by atoms with Crippen molar-refractivity contribution in [1.82, 2.24) is 4.31 Å². The Balaban J connectivity index is 2.29. The topological polar surface area (TPSA) is 63.4 Å². The van der Waals surface area contributed by atoms with Gasteiger partial charge in [0.05, 0.1) is 4.90 Å². The van der Waals surface area contributed by atoms with Crippen molar-refractivity contribution in [2.75, 3.05) is 6.54 Å². The van der Waals surface area contributed by atoms with Crippen molar-refractivity contribution in [3.05, 3.63) is 29.8 Å². The van der Waals surface area contributed by atoms with E-state index in [4.69, 9.17) is 5.73 Å². The van der Waals surface area contributed by atoms with E-state index in [1.54, 1.807) is 28.6 Å². The predicted octanol–water partition coefficient (Wildman–Crippen LogP) is 1.95. The molecule has 0 bridgehead atoms. The Morgan fingerprint density at radius 3 is 2.42 bits per heavy atom. The quantitative estimate of drug-likeness (QED) is 0.921. The van der Waals surface area contributed by atoms with Gasteiger partial charge in [-0.15, -0.1) is 0 Å². The average Bonchev–Trinajstić information content (AvgIpc) is 2.41. The molecule has 1 aliphatic heterocycles.